The predicted molar refractivity (Wildman–Crippen MR) is 109 cm³/mol. The number of ether oxygens (including phenoxy) is 2. The topological polar surface area (TPSA) is 142 Å². The second-order valence-corrected chi connectivity index (χ2v) is 9.79. The highest BCUT2D eigenvalue weighted by Gasteiger charge is 2.55. The molecule has 1 aromatic rings. The molecule has 0 aromatic heterocycles. The van der Waals surface area contributed by atoms with Crippen molar-refractivity contribution in [3.8, 4) is 0 Å². The Morgan fingerprint density at radius 2 is 2.16 bits per heavy atom. The van der Waals surface area contributed by atoms with E-state index in [1.54, 1.807) is 6.92 Å². The average Bonchev–Trinajstić information content (AvgIpc) is 3.08. The largest absolute Gasteiger partial charge is 0.478 e. The number of halogens is 2. The summed E-state index contributed by atoms with van der Waals surface area (Å²) in [6, 6.07) is 3.09. The van der Waals surface area contributed by atoms with E-state index in [1.807, 2.05) is 0 Å². The molecular formula is C19H23ClFNO8S. The minimum absolute atomic E-state index is 0.00753. The molecular weight excluding hydrogens is 457 g/mol. The van der Waals surface area contributed by atoms with Gasteiger partial charge in [-0.2, -0.15) is 0 Å². The number of aliphatic hydroxyl groups is 2. The number of nitrogens with one attached hydrogen (secondary N) is 1. The Hall–Kier alpha value is -1.76. The van der Waals surface area contributed by atoms with Crippen LogP contribution < -0.4 is 4.72 Å². The summed E-state index contributed by atoms with van der Waals surface area (Å²) < 4.78 is 52.9. The van der Waals surface area contributed by atoms with Gasteiger partial charge < -0.3 is 24.8 Å². The molecule has 1 aromatic carbocycles. The maximum atomic E-state index is 13.2. The van der Waals surface area contributed by atoms with Gasteiger partial charge in [0.1, 0.15) is 22.8 Å². The normalized spacial score (nSPS) is 29.6. The fourth-order valence-electron chi connectivity index (χ4n) is 3.79. The molecule has 0 saturated carbocycles. The standard InChI is InChI=1S/C19H23ClFNO8S/c1-2-18(16(24)9-23)10-29-19(30-18)6-5-15(12(8-19)17(25)26)31(27,28)22-14-4-3-11(21)7-13(14)20/h3-4,7-8,15-16,22-24H,2,5-6,9-10H2,1H3,(H,25,26)/t15?,16-,18-,19?/m1/s1. The number of hydrogen-bond acceptors (Lipinski definition) is 7. The summed E-state index contributed by atoms with van der Waals surface area (Å²) in [6.45, 7) is 1.03. The van der Waals surface area contributed by atoms with Gasteiger partial charge in [0.05, 0.1) is 29.5 Å². The number of anilines is 1. The highest BCUT2D eigenvalue weighted by atomic mass is 35.5. The molecule has 1 aliphatic carbocycles. The summed E-state index contributed by atoms with van der Waals surface area (Å²) in [4.78, 5) is 11.9. The molecule has 1 heterocycles. The molecule has 1 fully saturated rings. The molecule has 0 radical (unpaired) electrons. The molecule has 2 unspecified atom stereocenters. The van der Waals surface area contributed by atoms with Crippen LogP contribution in [0.1, 0.15) is 26.2 Å². The fourth-order valence-corrected chi connectivity index (χ4v) is 5.62. The summed E-state index contributed by atoms with van der Waals surface area (Å²) >= 11 is 5.88. The van der Waals surface area contributed by atoms with Crippen molar-refractivity contribution in [1.82, 2.24) is 0 Å². The van der Waals surface area contributed by atoms with E-state index in [0.29, 0.717) is 0 Å². The molecule has 12 heteroatoms. The highest BCUT2D eigenvalue weighted by Crippen LogP contribution is 2.44. The van der Waals surface area contributed by atoms with E-state index in [9.17, 15) is 32.9 Å². The molecule has 3 rings (SSSR count). The number of benzene rings is 1. The van der Waals surface area contributed by atoms with E-state index in [1.165, 1.54) is 0 Å². The maximum Gasteiger partial charge on any atom is 0.332 e. The number of carboxylic acid groups (broad SMARTS) is 1. The first-order valence-corrected chi connectivity index (χ1v) is 11.5. The molecule has 31 heavy (non-hydrogen) atoms. The molecule has 1 spiro atoms. The van der Waals surface area contributed by atoms with Crippen LogP contribution in [0.25, 0.3) is 0 Å². The number of aliphatic carboxylic acids is 1. The van der Waals surface area contributed by atoms with Crippen LogP contribution in [0.2, 0.25) is 5.02 Å². The minimum Gasteiger partial charge on any atom is -0.478 e. The van der Waals surface area contributed by atoms with E-state index in [0.717, 1.165) is 24.3 Å². The minimum atomic E-state index is -4.27. The molecule has 4 atom stereocenters. The first-order chi connectivity index (χ1) is 14.5. The molecule has 2 aliphatic rings. The van der Waals surface area contributed by atoms with Crippen LogP contribution in [0.15, 0.2) is 29.8 Å². The van der Waals surface area contributed by atoms with E-state index < -0.39 is 56.7 Å². The fraction of sp³-hybridized carbons (Fsp3) is 0.526. The third kappa shape index (κ3) is 4.57. The number of sulfonamides is 1. The van der Waals surface area contributed by atoms with Gasteiger partial charge in [-0.05, 0) is 37.1 Å². The van der Waals surface area contributed by atoms with E-state index in [4.69, 9.17) is 21.1 Å². The van der Waals surface area contributed by atoms with Crippen molar-refractivity contribution >= 4 is 33.3 Å². The summed E-state index contributed by atoms with van der Waals surface area (Å²) in [6.07, 6.45) is -0.0641. The third-order valence-electron chi connectivity index (χ3n) is 5.60. The van der Waals surface area contributed by atoms with E-state index in [2.05, 4.69) is 4.72 Å². The predicted octanol–water partition coefficient (Wildman–Crippen LogP) is 1.64. The number of aliphatic hydroxyl groups excluding tert-OH is 2. The van der Waals surface area contributed by atoms with Crippen LogP contribution in [0, 0.1) is 5.82 Å². The summed E-state index contributed by atoms with van der Waals surface area (Å²) in [5.41, 5.74) is -1.81. The van der Waals surface area contributed by atoms with Crippen LogP contribution in [0.3, 0.4) is 0 Å². The van der Waals surface area contributed by atoms with Gasteiger partial charge in [0, 0.05) is 6.42 Å². The van der Waals surface area contributed by atoms with Gasteiger partial charge in [-0.3, -0.25) is 4.72 Å². The zero-order chi connectivity index (χ0) is 23.0. The smallest absolute Gasteiger partial charge is 0.332 e. The average molecular weight is 480 g/mol. The van der Waals surface area contributed by atoms with E-state index in [-0.39, 0.29) is 36.6 Å². The van der Waals surface area contributed by atoms with Gasteiger partial charge in [0.2, 0.25) is 10.0 Å². The maximum absolute atomic E-state index is 13.2. The van der Waals surface area contributed by atoms with Crippen LogP contribution >= 0.6 is 11.6 Å². The van der Waals surface area contributed by atoms with Gasteiger partial charge >= 0.3 is 5.97 Å². The lowest BCUT2D eigenvalue weighted by Crippen LogP contribution is -2.49. The molecule has 0 amide bonds. The molecule has 172 valence electrons. The quantitative estimate of drug-likeness (QED) is 0.462. The molecule has 4 N–H and O–H groups in total. The Morgan fingerprint density at radius 1 is 1.45 bits per heavy atom. The van der Waals surface area contributed by atoms with Gasteiger partial charge in [-0.25, -0.2) is 17.6 Å². The second kappa shape index (κ2) is 8.64. The zero-order valence-electron chi connectivity index (χ0n) is 16.5. The van der Waals surface area contributed by atoms with Crippen LogP contribution in [0.5, 0.6) is 0 Å². The SMILES string of the molecule is CC[C@]1([C@H](O)CO)COC2(C=C(C(=O)O)C(S(=O)(=O)Nc3ccc(F)cc3Cl)CC2)O1. The Morgan fingerprint density at radius 3 is 2.74 bits per heavy atom. The Labute approximate surface area is 183 Å². The summed E-state index contributed by atoms with van der Waals surface area (Å²) in [7, 11) is -4.27. The lowest BCUT2D eigenvalue weighted by molar-refractivity contribution is -0.189. The van der Waals surface area contributed by atoms with Crippen molar-refractivity contribution in [2.45, 2.75) is 48.9 Å². The first kappa shape index (κ1) is 23.9. The van der Waals surface area contributed by atoms with Crippen LogP contribution in [-0.4, -0.2) is 65.7 Å². The van der Waals surface area contributed by atoms with Gasteiger partial charge in [0.25, 0.3) is 0 Å². The monoisotopic (exact) mass is 479 g/mol. The number of carboxylic acids is 1. The van der Waals surface area contributed by atoms with Gasteiger partial charge in [-0.1, -0.05) is 18.5 Å². The molecule has 9 nitrogen and oxygen atoms in total. The van der Waals surface area contributed by atoms with Gasteiger partial charge in [0.15, 0.2) is 5.79 Å². The first-order valence-electron chi connectivity index (χ1n) is 9.53. The van der Waals surface area contributed by atoms with Crippen molar-refractivity contribution < 1.29 is 42.4 Å². The van der Waals surface area contributed by atoms with Crippen molar-refractivity contribution in [2.75, 3.05) is 17.9 Å². The lowest BCUT2D eigenvalue weighted by Gasteiger charge is -2.36. The number of carbonyl (C=O) groups is 1. The second-order valence-electron chi connectivity index (χ2n) is 7.52. The zero-order valence-corrected chi connectivity index (χ0v) is 18.1. The Balaban J connectivity index is 1.92. The number of rotatable bonds is 7. The lowest BCUT2D eigenvalue weighted by atomic mass is 9.92. The van der Waals surface area contributed by atoms with Crippen LogP contribution in [0.4, 0.5) is 10.1 Å². The molecule has 1 saturated heterocycles. The van der Waals surface area contributed by atoms with E-state index >= 15 is 0 Å². The van der Waals surface area contributed by atoms with Crippen molar-refractivity contribution in [3.05, 3.63) is 40.7 Å². The summed E-state index contributed by atoms with van der Waals surface area (Å²) in [5.74, 6) is -3.68. The Bertz CT molecular complexity index is 1000. The third-order valence-corrected chi connectivity index (χ3v) is 7.65. The number of hydrogen-bond donors (Lipinski definition) is 4. The van der Waals surface area contributed by atoms with Crippen molar-refractivity contribution in [2.24, 2.45) is 0 Å². The highest BCUT2D eigenvalue weighted by molar-refractivity contribution is 7.93. The van der Waals surface area contributed by atoms with Crippen molar-refractivity contribution in [1.29, 1.82) is 0 Å². The van der Waals surface area contributed by atoms with Gasteiger partial charge in [-0.15, -0.1) is 0 Å². The summed E-state index contributed by atoms with van der Waals surface area (Å²) in [5, 5.41) is 27.5. The molecule has 1 aliphatic heterocycles. The molecule has 0 bridgehead atoms. The van der Waals surface area contributed by atoms with Crippen molar-refractivity contribution in [3.63, 3.8) is 0 Å². The van der Waals surface area contributed by atoms with Crippen LogP contribution in [-0.2, 0) is 24.3 Å². The Kier molecular flexibility index (Phi) is 6.66.